The molecule has 3 amide bonds. The summed E-state index contributed by atoms with van der Waals surface area (Å²) >= 11 is 0. The molecule has 1 unspecified atom stereocenters. The number of hydrogen-bond donors (Lipinski definition) is 1. The first-order valence-electron chi connectivity index (χ1n) is 13.4. The Balaban J connectivity index is 1.59. The number of rotatable bonds is 7. The van der Waals surface area contributed by atoms with E-state index < -0.39 is 29.1 Å². The number of amides is 3. The number of ether oxygens (including phenoxy) is 1. The van der Waals surface area contributed by atoms with Crippen molar-refractivity contribution in [1.82, 2.24) is 9.80 Å². The Morgan fingerprint density at radius 1 is 0.946 bits per heavy atom. The molecule has 2 fully saturated rings. The van der Waals surface area contributed by atoms with Crippen molar-refractivity contribution in [2.24, 2.45) is 11.8 Å². The normalized spacial score (nSPS) is 33.1. The van der Waals surface area contributed by atoms with E-state index in [2.05, 4.69) is 0 Å². The van der Waals surface area contributed by atoms with Crippen LogP contribution in [0.1, 0.15) is 40.0 Å². The van der Waals surface area contributed by atoms with Gasteiger partial charge in [-0.3, -0.25) is 14.4 Å². The second-order valence-electron chi connectivity index (χ2n) is 11.0. The number of fused-ring (bicyclic) bond motifs is 2. The molecule has 4 aliphatic heterocycles. The van der Waals surface area contributed by atoms with Crippen molar-refractivity contribution in [3.63, 3.8) is 0 Å². The second-order valence-corrected chi connectivity index (χ2v) is 11.0. The lowest BCUT2D eigenvalue weighted by atomic mass is 9.74. The number of benzene rings is 1. The molecule has 4 aliphatic rings. The number of anilines is 1. The van der Waals surface area contributed by atoms with E-state index in [1.165, 1.54) is 0 Å². The molecule has 1 aromatic carbocycles. The van der Waals surface area contributed by atoms with Crippen LogP contribution >= 0.6 is 0 Å². The number of aliphatic hydroxyl groups excluding tert-OH is 1. The van der Waals surface area contributed by atoms with Gasteiger partial charge in [-0.05, 0) is 52.2 Å². The zero-order chi connectivity index (χ0) is 26.4. The van der Waals surface area contributed by atoms with E-state index in [9.17, 15) is 19.5 Å². The molecule has 5 atom stereocenters. The molecular formula is C29H37N3O5. The summed E-state index contributed by atoms with van der Waals surface area (Å²) in [5, 5.41) is 9.22. The van der Waals surface area contributed by atoms with Gasteiger partial charge in [-0.25, -0.2) is 0 Å². The van der Waals surface area contributed by atoms with Gasteiger partial charge in [0, 0.05) is 38.0 Å². The predicted octanol–water partition coefficient (Wildman–Crippen LogP) is 2.53. The average molecular weight is 508 g/mol. The molecule has 0 aromatic heterocycles. The van der Waals surface area contributed by atoms with E-state index in [-0.39, 0.29) is 30.4 Å². The number of para-hydroxylation sites is 1. The van der Waals surface area contributed by atoms with Gasteiger partial charge in [0.25, 0.3) is 0 Å². The van der Waals surface area contributed by atoms with Crippen molar-refractivity contribution in [1.29, 1.82) is 0 Å². The maximum Gasteiger partial charge on any atom is 0.249 e. The highest BCUT2D eigenvalue weighted by molar-refractivity contribution is 6.04. The third-order valence-corrected chi connectivity index (χ3v) is 8.34. The summed E-state index contributed by atoms with van der Waals surface area (Å²) in [6, 6.07) is 8.58. The van der Waals surface area contributed by atoms with Gasteiger partial charge < -0.3 is 24.5 Å². The summed E-state index contributed by atoms with van der Waals surface area (Å²) in [7, 11) is 0. The third kappa shape index (κ3) is 4.01. The van der Waals surface area contributed by atoms with E-state index in [1.54, 1.807) is 14.7 Å². The molecule has 8 heteroatoms. The van der Waals surface area contributed by atoms with Crippen LogP contribution in [0.3, 0.4) is 0 Å². The van der Waals surface area contributed by atoms with E-state index in [0.29, 0.717) is 32.5 Å². The fourth-order valence-corrected chi connectivity index (χ4v) is 6.65. The van der Waals surface area contributed by atoms with E-state index in [1.807, 2.05) is 75.4 Å². The fraction of sp³-hybridized carbons (Fsp3) is 0.552. The zero-order valence-corrected chi connectivity index (χ0v) is 21.9. The van der Waals surface area contributed by atoms with Gasteiger partial charge in [0.05, 0.1) is 17.4 Å². The lowest BCUT2D eigenvalue weighted by molar-refractivity contribution is -0.152. The predicted molar refractivity (Wildman–Crippen MR) is 140 cm³/mol. The van der Waals surface area contributed by atoms with Crippen LogP contribution in [0.5, 0.6) is 0 Å². The Hall–Kier alpha value is -2.97. The number of hydrogen-bond acceptors (Lipinski definition) is 5. The Kier molecular flexibility index (Phi) is 6.75. The van der Waals surface area contributed by atoms with Crippen LogP contribution in [0, 0.1) is 11.8 Å². The van der Waals surface area contributed by atoms with Crippen LogP contribution in [0.25, 0.3) is 0 Å². The van der Waals surface area contributed by atoms with Crippen molar-refractivity contribution >= 4 is 23.4 Å². The number of unbranched alkanes of at least 4 members (excludes halogenated alkanes) is 2. The van der Waals surface area contributed by atoms with Crippen molar-refractivity contribution in [3.8, 4) is 0 Å². The minimum Gasteiger partial charge on any atom is -0.396 e. The Morgan fingerprint density at radius 2 is 1.68 bits per heavy atom. The molecule has 0 aliphatic carbocycles. The minimum atomic E-state index is -1.23. The topological polar surface area (TPSA) is 90.4 Å². The molecule has 198 valence electrons. The van der Waals surface area contributed by atoms with Gasteiger partial charge in [-0.1, -0.05) is 42.5 Å². The molecule has 37 heavy (non-hydrogen) atoms. The lowest BCUT2D eigenvalue weighted by Crippen LogP contribution is -2.57. The molecule has 1 aromatic rings. The van der Waals surface area contributed by atoms with Gasteiger partial charge >= 0.3 is 0 Å². The standard InChI is InChI=1S/C29H37N3O5/c1-20(2)30-17-11-15-29-23(26(35)32(24(29)27(30)36)16-8-5-9-19-33)22-25(34)31(21-12-6-4-7-13-21)18-10-14-28(22,3)37-29/h4,6-7,10-15,20,22-24,33H,5,8-9,16-19H2,1-3H3/t22-,23+,24?,28+,29+/m1/s1. The number of carbonyl (C=O) groups is 3. The highest BCUT2D eigenvalue weighted by atomic mass is 16.5. The highest BCUT2D eigenvalue weighted by Crippen LogP contribution is 2.57. The van der Waals surface area contributed by atoms with E-state index >= 15 is 0 Å². The van der Waals surface area contributed by atoms with Crippen molar-refractivity contribution in [2.45, 2.75) is 63.3 Å². The van der Waals surface area contributed by atoms with Crippen LogP contribution < -0.4 is 4.90 Å². The van der Waals surface area contributed by atoms with Crippen LogP contribution in [-0.4, -0.2) is 82.2 Å². The van der Waals surface area contributed by atoms with Gasteiger partial charge in [0.2, 0.25) is 17.7 Å². The highest BCUT2D eigenvalue weighted by Gasteiger charge is 2.74. The van der Waals surface area contributed by atoms with E-state index in [4.69, 9.17) is 4.74 Å². The smallest absolute Gasteiger partial charge is 0.249 e. The molecule has 0 saturated carbocycles. The summed E-state index contributed by atoms with van der Waals surface area (Å²) in [5.41, 5.74) is -1.49. The molecule has 5 rings (SSSR count). The van der Waals surface area contributed by atoms with E-state index in [0.717, 1.165) is 12.1 Å². The van der Waals surface area contributed by atoms with Crippen LogP contribution in [0.4, 0.5) is 5.69 Å². The van der Waals surface area contributed by atoms with Crippen molar-refractivity contribution < 1.29 is 24.2 Å². The molecule has 1 spiro atoms. The average Bonchev–Trinajstić information content (AvgIpc) is 3.13. The first-order valence-corrected chi connectivity index (χ1v) is 13.4. The Bertz CT molecular complexity index is 1120. The largest absolute Gasteiger partial charge is 0.396 e. The summed E-state index contributed by atoms with van der Waals surface area (Å²) in [6.45, 7) is 7.09. The first kappa shape index (κ1) is 25.7. The molecular weight excluding hydrogens is 470 g/mol. The molecule has 4 heterocycles. The molecule has 0 bridgehead atoms. The molecule has 0 radical (unpaired) electrons. The fourth-order valence-electron chi connectivity index (χ4n) is 6.65. The zero-order valence-electron chi connectivity index (χ0n) is 21.9. The van der Waals surface area contributed by atoms with Gasteiger partial charge in [0.1, 0.15) is 11.6 Å². The SMILES string of the molecule is CC(C)N1CC=C[C@]23O[C@@]4(C)C=CCN(c5ccccc5)C(=O)[C@H]4[C@H]2C(=O)N(CCCCCO)C3C1=O. The lowest BCUT2D eigenvalue weighted by Gasteiger charge is -2.38. The monoisotopic (exact) mass is 507 g/mol. The maximum atomic E-state index is 14.2. The first-order chi connectivity index (χ1) is 17.7. The number of aliphatic hydroxyl groups is 1. The van der Waals surface area contributed by atoms with Gasteiger partial charge in [-0.15, -0.1) is 0 Å². The number of carbonyl (C=O) groups excluding carboxylic acids is 3. The Morgan fingerprint density at radius 3 is 2.38 bits per heavy atom. The molecule has 2 saturated heterocycles. The minimum absolute atomic E-state index is 0.0461. The van der Waals surface area contributed by atoms with Crippen molar-refractivity contribution in [2.75, 3.05) is 31.1 Å². The summed E-state index contributed by atoms with van der Waals surface area (Å²) < 4.78 is 6.84. The number of likely N-dealkylation sites (tertiary alicyclic amines) is 1. The summed E-state index contributed by atoms with van der Waals surface area (Å²) in [6.07, 6.45) is 9.69. The molecule has 8 nitrogen and oxygen atoms in total. The third-order valence-electron chi connectivity index (χ3n) is 8.34. The maximum absolute atomic E-state index is 14.2. The quantitative estimate of drug-likeness (QED) is 0.453. The van der Waals surface area contributed by atoms with Gasteiger partial charge in [0.15, 0.2) is 0 Å². The van der Waals surface area contributed by atoms with Crippen molar-refractivity contribution in [3.05, 3.63) is 54.6 Å². The van der Waals surface area contributed by atoms with Crippen LogP contribution in [0.2, 0.25) is 0 Å². The summed E-state index contributed by atoms with van der Waals surface area (Å²) in [5.74, 6) is -2.10. The molecule has 1 N–H and O–H groups in total. The Labute approximate surface area is 218 Å². The van der Waals surface area contributed by atoms with Crippen LogP contribution in [0.15, 0.2) is 54.6 Å². The second kappa shape index (κ2) is 9.72. The number of nitrogens with zero attached hydrogens (tertiary/aromatic N) is 3. The van der Waals surface area contributed by atoms with Gasteiger partial charge in [-0.2, -0.15) is 0 Å². The van der Waals surface area contributed by atoms with Crippen LogP contribution in [-0.2, 0) is 19.1 Å². The summed E-state index contributed by atoms with van der Waals surface area (Å²) in [4.78, 5) is 47.7.